The van der Waals surface area contributed by atoms with E-state index >= 15 is 0 Å². The molecule has 1 aliphatic rings. The molecule has 0 aromatic rings. The summed E-state index contributed by atoms with van der Waals surface area (Å²) in [6, 6.07) is 0. The van der Waals surface area contributed by atoms with E-state index in [1.807, 2.05) is 41.5 Å². The zero-order chi connectivity index (χ0) is 26.7. The Morgan fingerprint density at radius 2 is 1.03 bits per heavy atom. The number of carbonyl (C=O) groups is 2. The van der Waals surface area contributed by atoms with Crippen LogP contribution in [0.1, 0.15) is 62.3 Å². The Kier molecular flexibility index (Phi) is 13.1. The summed E-state index contributed by atoms with van der Waals surface area (Å²) in [6.07, 6.45) is 0. The van der Waals surface area contributed by atoms with Crippen LogP contribution in [0.2, 0.25) is 0 Å². The highest BCUT2D eigenvalue weighted by Gasteiger charge is 2.23. The molecule has 206 valence electrons. The zero-order valence-corrected chi connectivity index (χ0v) is 23.9. The molecule has 0 bridgehead atoms. The van der Waals surface area contributed by atoms with Gasteiger partial charge in [-0.1, -0.05) is 0 Å². The van der Waals surface area contributed by atoms with Crippen LogP contribution >= 0.6 is 0 Å². The second-order valence-corrected chi connectivity index (χ2v) is 12.3. The summed E-state index contributed by atoms with van der Waals surface area (Å²) in [5.41, 5.74) is -1.19. The molecule has 9 heteroatoms. The van der Waals surface area contributed by atoms with Crippen LogP contribution in [-0.4, -0.2) is 122 Å². The van der Waals surface area contributed by atoms with E-state index in [2.05, 4.69) is 40.8 Å². The van der Waals surface area contributed by atoms with E-state index in [1.165, 1.54) is 0 Å². The van der Waals surface area contributed by atoms with Crippen LogP contribution in [0.5, 0.6) is 0 Å². The molecular formula is C26H52N4O5. The van der Waals surface area contributed by atoms with Gasteiger partial charge in [0.1, 0.15) is 11.2 Å². The normalized spacial score (nSPS) is 19.0. The molecule has 1 aliphatic heterocycles. The van der Waals surface area contributed by atoms with Gasteiger partial charge in [0.15, 0.2) is 0 Å². The molecule has 1 saturated heterocycles. The van der Waals surface area contributed by atoms with Gasteiger partial charge >= 0.3 is 11.9 Å². The lowest BCUT2D eigenvalue weighted by Crippen LogP contribution is -2.48. The van der Waals surface area contributed by atoms with Gasteiger partial charge in [0, 0.05) is 58.9 Å². The fraction of sp³-hybridized carbons (Fsp3) is 0.923. The summed E-state index contributed by atoms with van der Waals surface area (Å²) in [6.45, 7) is 25.6. The second-order valence-electron chi connectivity index (χ2n) is 12.3. The lowest BCUT2D eigenvalue weighted by atomic mass is 10.2. The second kappa shape index (κ2) is 14.5. The molecule has 0 aliphatic carbocycles. The highest BCUT2D eigenvalue weighted by molar-refractivity contribution is 5.72. The molecule has 0 unspecified atom stereocenters. The van der Waals surface area contributed by atoms with Crippen molar-refractivity contribution in [2.75, 3.05) is 78.6 Å². The molecule has 1 rings (SSSR count). The summed E-state index contributed by atoms with van der Waals surface area (Å²) >= 11 is 0. The van der Waals surface area contributed by atoms with Crippen LogP contribution in [0.3, 0.4) is 0 Å². The molecule has 1 N–H and O–H groups in total. The van der Waals surface area contributed by atoms with Crippen LogP contribution in [-0.2, 0) is 23.8 Å². The van der Waals surface area contributed by atoms with E-state index in [4.69, 9.17) is 14.2 Å². The van der Waals surface area contributed by atoms with E-state index in [0.29, 0.717) is 19.7 Å². The van der Waals surface area contributed by atoms with Crippen molar-refractivity contribution >= 4 is 11.9 Å². The molecule has 0 amide bonds. The van der Waals surface area contributed by atoms with Gasteiger partial charge in [-0.15, -0.1) is 0 Å². The summed E-state index contributed by atoms with van der Waals surface area (Å²) in [7, 11) is 0. The third-order valence-corrected chi connectivity index (χ3v) is 5.16. The first-order chi connectivity index (χ1) is 16.0. The summed E-state index contributed by atoms with van der Waals surface area (Å²) in [5.74, 6) is -0.458. The van der Waals surface area contributed by atoms with Gasteiger partial charge in [-0.25, -0.2) is 0 Å². The molecule has 0 saturated carbocycles. The summed E-state index contributed by atoms with van der Waals surface area (Å²) in [4.78, 5) is 31.6. The number of carbonyl (C=O) groups excluding carboxylic acids is 2. The van der Waals surface area contributed by atoms with E-state index in [1.54, 1.807) is 0 Å². The Morgan fingerprint density at radius 1 is 0.629 bits per heavy atom. The molecule has 0 atom stereocenters. The number of rotatable bonds is 7. The van der Waals surface area contributed by atoms with Crippen molar-refractivity contribution in [2.24, 2.45) is 0 Å². The third kappa shape index (κ3) is 17.8. The summed E-state index contributed by atoms with van der Waals surface area (Å²) < 4.78 is 17.0. The Labute approximate surface area is 213 Å². The minimum Gasteiger partial charge on any atom is -0.459 e. The van der Waals surface area contributed by atoms with Crippen molar-refractivity contribution in [3.8, 4) is 0 Å². The predicted molar refractivity (Wildman–Crippen MR) is 140 cm³/mol. The van der Waals surface area contributed by atoms with E-state index in [-0.39, 0.29) is 30.6 Å². The van der Waals surface area contributed by atoms with Crippen molar-refractivity contribution in [3.63, 3.8) is 0 Å². The average Bonchev–Trinajstić information content (AvgIpc) is 2.63. The molecule has 1 heterocycles. The van der Waals surface area contributed by atoms with Crippen molar-refractivity contribution < 1.29 is 23.8 Å². The Balaban J connectivity index is 2.82. The van der Waals surface area contributed by atoms with Crippen LogP contribution < -0.4 is 5.32 Å². The molecule has 0 radical (unpaired) electrons. The number of hydrogen-bond acceptors (Lipinski definition) is 9. The summed E-state index contributed by atoms with van der Waals surface area (Å²) in [5, 5.41) is 3.50. The van der Waals surface area contributed by atoms with Crippen molar-refractivity contribution in [1.82, 2.24) is 20.0 Å². The Hall–Kier alpha value is -1.26. The maximum atomic E-state index is 12.6. The first kappa shape index (κ1) is 31.8. The third-order valence-electron chi connectivity index (χ3n) is 5.16. The molecule has 0 aromatic heterocycles. The predicted octanol–water partition coefficient (Wildman–Crippen LogP) is 1.99. The minimum atomic E-state index is -0.520. The quantitative estimate of drug-likeness (QED) is 0.528. The molecular weight excluding hydrogens is 448 g/mol. The van der Waals surface area contributed by atoms with Crippen LogP contribution in [0.25, 0.3) is 0 Å². The average molecular weight is 501 g/mol. The maximum Gasteiger partial charge on any atom is 0.320 e. The van der Waals surface area contributed by atoms with Gasteiger partial charge in [0.2, 0.25) is 0 Å². The number of esters is 2. The number of nitrogens with one attached hydrogen (secondary N) is 1. The number of hydrogen-bond donors (Lipinski definition) is 1. The lowest BCUT2D eigenvalue weighted by molar-refractivity contribution is -0.158. The van der Waals surface area contributed by atoms with Gasteiger partial charge in [-0.3, -0.25) is 24.3 Å². The topological polar surface area (TPSA) is 83.6 Å². The van der Waals surface area contributed by atoms with Gasteiger partial charge < -0.3 is 19.5 Å². The van der Waals surface area contributed by atoms with Crippen LogP contribution in [0, 0.1) is 0 Å². The monoisotopic (exact) mass is 500 g/mol. The van der Waals surface area contributed by atoms with Crippen molar-refractivity contribution in [1.29, 1.82) is 0 Å². The lowest BCUT2D eigenvalue weighted by Gasteiger charge is -2.32. The molecule has 35 heavy (non-hydrogen) atoms. The molecule has 0 aromatic carbocycles. The zero-order valence-electron chi connectivity index (χ0n) is 23.9. The van der Waals surface area contributed by atoms with Gasteiger partial charge in [-0.05, 0) is 62.3 Å². The Morgan fingerprint density at radius 3 is 1.46 bits per heavy atom. The van der Waals surface area contributed by atoms with Crippen molar-refractivity contribution in [2.45, 2.75) is 79.1 Å². The number of ether oxygens (including phenoxy) is 3. The standard InChI is InChI=1S/C26H52N4O5/c1-24(2,3)33-19-18-28-12-10-27-11-13-29(20-22(31)34-25(4,5)6)16-17-30(15-14-28)21-23(32)35-26(7,8)9/h27H,10-21H2,1-9H3. The van der Waals surface area contributed by atoms with Crippen molar-refractivity contribution in [3.05, 3.63) is 0 Å². The fourth-order valence-electron chi connectivity index (χ4n) is 3.63. The Bertz CT molecular complexity index is 637. The molecule has 0 spiro atoms. The smallest absolute Gasteiger partial charge is 0.320 e. The molecule has 1 fully saturated rings. The minimum absolute atomic E-state index is 0.162. The highest BCUT2D eigenvalue weighted by Crippen LogP contribution is 2.10. The van der Waals surface area contributed by atoms with Gasteiger partial charge in [-0.2, -0.15) is 0 Å². The van der Waals surface area contributed by atoms with E-state index < -0.39 is 11.2 Å². The fourth-order valence-corrected chi connectivity index (χ4v) is 3.63. The first-order valence-electron chi connectivity index (χ1n) is 13.0. The first-order valence-corrected chi connectivity index (χ1v) is 13.0. The molecule has 9 nitrogen and oxygen atoms in total. The maximum absolute atomic E-state index is 12.6. The van der Waals surface area contributed by atoms with Gasteiger partial charge in [0.25, 0.3) is 0 Å². The largest absolute Gasteiger partial charge is 0.459 e. The van der Waals surface area contributed by atoms with Crippen LogP contribution in [0.15, 0.2) is 0 Å². The SMILES string of the molecule is CC(C)(C)OCCN1CCNCCN(CC(=O)OC(C)(C)C)CCN(CC(=O)OC(C)(C)C)CC1. The number of nitrogens with zero attached hydrogens (tertiary/aromatic N) is 3. The highest BCUT2D eigenvalue weighted by atomic mass is 16.6. The van der Waals surface area contributed by atoms with E-state index in [0.717, 1.165) is 45.8 Å². The van der Waals surface area contributed by atoms with E-state index in [9.17, 15) is 9.59 Å². The van der Waals surface area contributed by atoms with Gasteiger partial charge in [0.05, 0.1) is 25.3 Å². The van der Waals surface area contributed by atoms with Crippen LogP contribution in [0.4, 0.5) is 0 Å².